The largest absolute Gasteiger partial charge is 0.497 e. The summed E-state index contributed by atoms with van der Waals surface area (Å²) in [5.41, 5.74) is 0.182. The lowest BCUT2D eigenvalue weighted by molar-refractivity contribution is -0.148. The number of carboxylic acids is 1. The predicted molar refractivity (Wildman–Crippen MR) is 129 cm³/mol. The summed E-state index contributed by atoms with van der Waals surface area (Å²) in [4.78, 5) is 46.8. The summed E-state index contributed by atoms with van der Waals surface area (Å²) in [6.07, 6.45) is -0.713. The lowest BCUT2D eigenvalue weighted by Crippen LogP contribution is -2.45. The average Bonchev–Trinajstić information content (AvgIpc) is 2.82. The SMILES string of the molecule is COc1ccc(COC(=O)C(CCOc2ccc(C(N=O)C(=O)O)cc2)NC(=O)OC(C)(C)C)cc1. The quantitative estimate of drug-likeness (QED) is 0.324. The van der Waals surface area contributed by atoms with Gasteiger partial charge in [0.25, 0.3) is 0 Å². The molecule has 0 fully saturated rings. The van der Waals surface area contributed by atoms with Crippen LogP contribution in [0.15, 0.2) is 53.7 Å². The lowest BCUT2D eigenvalue weighted by atomic mass is 10.1. The number of amides is 1. The number of carbonyl (C=O) groups is 3. The van der Waals surface area contributed by atoms with E-state index >= 15 is 0 Å². The highest BCUT2D eigenvalue weighted by Crippen LogP contribution is 2.21. The molecule has 2 aromatic carbocycles. The first-order chi connectivity index (χ1) is 17.0. The number of hydrogen-bond acceptors (Lipinski definition) is 9. The second-order valence-corrected chi connectivity index (χ2v) is 8.71. The van der Waals surface area contributed by atoms with Gasteiger partial charge in [-0.3, -0.25) is 0 Å². The summed E-state index contributed by atoms with van der Waals surface area (Å²) in [7, 11) is 1.55. The van der Waals surface area contributed by atoms with Crippen molar-refractivity contribution in [1.29, 1.82) is 0 Å². The minimum atomic E-state index is -1.51. The summed E-state index contributed by atoms with van der Waals surface area (Å²) in [6, 6.07) is 10.2. The summed E-state index contributed by atoms with van der Waals surface area (Å²) in [5.74, 6) is -0.989. The standard InChI is InChI=1S/C25H30N2O9/c1-25(2,3)36-24(31)26-20(23(30)35-15-16-5-9-18(33-4)10-6-16)13-14-34-19-11-7-17(8-12-19)21(27-32)22(28)29/h5-12,20-21H,13-15H2,1-4H3,(H,26,31)(H,28,29). The number of ether oxygens (including phenoxy) is 4. The molecule has 11 nitrogen and oxygen atoms in total. The second kappa shape index (κ2) is 13.1. The number of alkyl carbamates (subject to hydrolysis) is 1. The summed E-state index contributed by atoms with van der Waals surface area (Å²) < 4.78 is 21.3. The van der Waals surface area contributed by atoms with Crippen LogP contribution in [0.1, 0.15) is 44.4 Å². The van der Waals surface area contributed by atoms with Gasteiger partial charge in [0.15, 0.2) is 0 Å². The van der Waals surface area contributed by atoms with Crippen LogP contribution in [0.3, 0.4) is 0 Å². The van der Waals surface area contributed by atoms with Gasteiger partial charge in [-0.25, -0.2) is 14.4 Å². The molecule has 0 heterocycles. The number of carbonyl (C=O) groups excluding carboxylic acids is 2. The number of nitroso groups, excluding NO2 is 1. The van der Waals surface area contributed by atoms with Gasteiger partial charge in [-0.2, -0.15) is 0 Å². The number of hydrogen-bond donors (Lipinski definition) is 2. The summed E-state index contributed by atoms with van der Waals surface area (Å²) >= 11 is 0. The Morgan fingerprint density at radius 2 is 1.61 bits per heavy atom. The molecular formula is C25H30N2O9. The van der Waals surface area contributed by atoms with Crippen molar-refractivity contribution in [3.63, 3.8) is 0 Å². The van der Waals surface area contributed by atoms with Crippen molar-refractivity contribution in [2.45, 2.75) is 51.5 Å². The number of rotatable bonds is 12. The number of aliphatic carboxylic acids is 1. The minimum Gasteiger partial charge on any atom is -0.497 e. The van der Waals surface area contributed by atoms with Crippen molar-refractivity contribution in [3.8, 4) is 11.5 Å². The number of nitrogens with zero attached hydrogens (tertiary/aromatic N) is 1. The third-order valence-electron chi connectivity index (χ3n) is 4.73. The van der Waals surface area contributed by atoms with Crippen LogP contribution >= 0.6 is 0 Å². The molecule has 0 radical (unpaired) electrons. The second-order valence-electron chi connectivity index (χ2n) is 8.71. The van der Waals surface area contributed by atoms with Gasteiger partial charge in [-0.15, -0.1) is 4.91 Å². The Kier molecular flexibility index (Phi) is 10.2. The molecule has 1 amide bonds. The van der Waals surface area contributed by atoms with E-state index in [1.807, 2.05) is 0 Å². The summed E-state index contributed by atoms with van der Waals surface area (Å²) in [6.45, 7) is 5.11. The minimum absolute atomic E-state index is 0.00679. The maximum Gasteiger partial charge on any atom is 0.408 e. The zero-order chi connectivity index (χ0) is 26.7. The molecule has 0 bridgehead atoms. The van der Waals surface area contributed by atoms with Crippen LogP contribution in [0.2, 0.25) is 0 Å². The fourth-order valence-electron chi connectivity index (χ4n) is 2.97. The molecule has 0 aromatic heterocycles. The monoisotopic (exact) mass is 502 g/mol. The molecule has 2 unspecified atom stereocenters. The van der Waals surface area contributed by atoms with E-state index in [0.717, 1.165) is 5.56 Å². The third kappa shape index (κ3) is 9.24. The van der Waals surface area contributed by atoms with Crippen LogP contribution in [0.5, 0.6) is 11.5 Å². The summed E-state index contributed by atoms with van der Waals surface area (Å²) in [5, 5.41) is 14.1. The van der Waals surface area contributed by atoms with E-state index in [2.05, 4.69) is 10.5 Å². The van der Waals surface area contributed by atoms with Crippen molar-refractivity contribution in [2.75, 3.05) is 13.7 Å². The van der Waals surface area contributed by atoms with Crippen LogP contribution < -0.4 is 14.8 Å². The van der Waals surface area contributed by atoms with E-state index in [1.54, 1.807) is 52.1 Å². The van der Waals surface area contributed by atoms with Crippen LogP contribution in [-0.4, -0.2) is 48.5 Å². The van der Waals surface area contributed by atoms with Crippen molar-refractivity contribution in [1.82, 2.24) is 5.32 Å². The molecule has 2 N–H and O–H groups in total. The van der Waals surface area contributed by atoms with Crippen molar-refractivity contribution in [3.05, 3.63) is 64.6 Å². The van der Waals surface area contributed by atoms with Gasteiger partial charge in [-0.1, -0.05) is 24.3 Å². The zero-order valence-electron chi connectivity index (χ0n) is 20.6. The Morgan fingerprint density at radius 1 is 1.00 bits per heavy atom. The Balaban J connectivity index is 1.99. The first-order valence-corrected chi connectivity index (χ1v) is 11.1. The molecule has 0 aliphatic rings. The molecule has 0 saturated carbocycles. The smallest absolute Gasteiger partial charge is 0.408 e. The molecule has 0 aliphatic carbocycles. The molecule has 36 heavy (non-hydrogen) atoms. The van der Waals surface area contributed by atoms with E-state index in [0.29, 0.717) is 11.5 Å². The van der Waals surface area contributed by atoms with Crippen molar-refractivity contribution < 1.29 is 38.4 Å². The molecule has 2 aromatic rings. The van der Waals surface area contributed by atoms with E-state index in [4.69, 9.17) is 24.1 Å². The van der Waals surface area contributed by atoms with Gasteiger partial charge in [0.1, 0.15) is 29.7 Å². The highest BCUT2D eigenvalue weighted by atomic mass is 16.6. The van der Waals surface area contributed by atoms with Gasteiger partial charge in [0.2, 0.25) is 6.04 Å². The Morgan fingerprint density at radius 3 is 2.14 bits per heavy atom. The van der Waals surface area contributed by atoms with E-state index in [-0.39, 0.29) is 25.2 Å². The molecule has 0 spiro atoms. The highest BCUT2D eigenvalue weighted by Gasteiger charge is 2.26. The van der Waals surface area contributed by atoms with Crippen LogP contribution in [0.4, 0.5) is 4.79 Å². The topological polar surface area (TPSA) is 150 Å². The Hall–Kier alpha value is -4.15. The van der Waals surface area contributed by atoms with Gasteiger partial charge in [0, 0.05) is 6.42 Å². The maximum atomic E-state index is 12.7. The van der Waals surface area contributed by atoms with Crippen molar-refractivity contribution in [2.24, 2.45) is 5.18 Å². The average molecular weight is 503 g/mol. The highest BCUT2D eigenvalue weighted by molar-refractivity contribution is 5.81. The molecule has 2 atom stereocenters. The van der Waals surface area contributed by atoms with Gasteiger partial charge in [-0.05, 0) is 61.3 Å². The van der Waals surface area contributed by atoms with Crippen LogP contribution in [0, 0.1) is 4.91 Å². The molecular weight excluding hydrogens is 472 g/mol. The third-order valence-corrected chi connectivity index (χ3v) is 4.73. The maximum absolute atomic E-state index is 12.7. The van der Waals surface area contributed by atoms with Crippen LogP contribution in [-0.2, 0) is 25.7 Å². The lowest BCUT2D eigenvalue weighted by Gasteiger charge is -2.23. The first-order valence-electron chi connectivity index (χ1n) is 11.1. The fraction of sp³-hybridized carbons (Fsp3) is 0.400. The molecule has 194 valence electrons. The van der Waals surface area contributed by atoms with Gasteiger partial charge in [0.05, 0.1) is 13.7 Å². The number of methoxy groups -OCH3 is 1. The predicted octanol–water partition coefficient (Wildman–Crippen LogP) is 3.99. The van der Waals surface area contributed by atoms with E-state index < -0.39 is 35.7 Å². The fourth-order valence-corrected chi connectivity index (χ4v) is 2.97. The Labute approximate surface area is 208 Å². The van der Waals surface area contributed by atoms with Crippen LogP contribution in [0.25, 0.3) is 0 Å². The Bertz CT molecular complexity index is 1030. The zero-order valence-corrected chi connectivity index (χ0v) is 20.6. The van der Waals surface area contributed by atoms with Gasteiger partial charge < -0.3 is 29.4 Å². The first kappa shape index (κ1) is 28.1. The number of carboxylic acid groups (broad SMARTS) is 1. The van der Waals surface area contributed by atoms with Crippen molar-refractivity contribution >= 4 is 18.0 Å². The molecule has 0 saturated heterocycles. The molecule has 2 rings (SSSR count). The van der Waals surface area contributed by atoms with E-state index in [9.17, 15) is 19.3 Å². The number of esters is 1. The van der Waals surface area contributed by atoms with Gasteiger partial charge >= 0.3 is 18.0 Å². The molecule has 0 aliphatic heterocycles. The number of benzene rings is 2. The molecule has 11 heteroatoms. The number of nitrogens with one attached hydrogen (secondary N) is 1. The normalized spacial score (nSPS) is 12.6. The van der Waals surface area contributed by atoms with E-state index in [1.165, 1.54) is 24.3 Å².